The Morgan fingerprint density at radius 3 is 1.73 bits per heavy atom. The van der Waals surface area contributed by atoms with Crippen molar-refractivity contribution in [2.75, 3.05) is 19.6 Å². The fourth-order valence-corrected chi connectivity index (χ4v) is 8.67. The van der Waals surface area contributed by atoms with Gasteiger partial charge in [0.2, 0.25) is 59.1 Å². The Balaban J connectivity index is 1.47. The molecule has 25 heteroatoms. The van der Waals surface area contributed by atoms with Crippen LogP contribution < -0.4 is 65.9 Å². The summed E-state index contributed by atoms with van der Waals surface area (Å²) in [6, 6.07) is 13.9. The minimum Gasteiger partial charge on any atom is -0.508 e. The van der Waals surface area contributed by atoms with E-state index in [9.17, 15) is 53.1 Å². The highest BCUT2D eigenvalue weighted by atomic mass is 16.3. The van der Waals surface area contributed by atoms with Gasteiger partial charge in [-0.1, -0.05) is 86.6 Å². The summed E-state index contributed by atoms with van der Waals surface area (Å²) in [6.07, 6.45) is 0.256. The van der Waals surface area contributed by atoms with Crippen LogP contribution in [0.4, 0.5) is 0 Å². The van der Waals surface area contributed by atoms with E-state index in [4.69, 9.17) is 28.7 Å². The van der Waals surface area contributed by atoms with E-state index in [2.05, 4.69) is 42.2 Å². The van der Waals surface area contributed by atoms with Gasteiger partial charge in [0, 0.05) is 32.4 Å². The highest BCUT2D eigenvalue weighted by Gasteiger charge is 2.40. The highest BCUT2D eigenvalue weighted by molar-refractivity contribution is 5.98. The van der Waals surface area contributed by atoms with Crippen molar-refractivity contribution in [2.24, 2.45) is 39.6 Å². The van der Waals surface area contributed by atoms with Crippen LogP contribution >= 0.6 is 0 Å². The number of hydrogen-bond donors (Lipinski definition) is 13. The maximum atomic E-state index is 14.6. The van der Waals surface area contributed by atoms with E-state index in [-0.39, 0.29) is 88.5 Å². The predicted octanol–water partition coefficient (Wildman–Crippen LogP) is -2.37. The quantitative estimate of drug-likeness (QED) is 0.0182. The van der Waals surface area contributed by atoms with Crippen LogP contribution in [-0.2, 0) is 67.2 Å². The molecule has 8 atom stereocenters. The Bertz CT molecular complexity index is 2600. The van der Waals surface area contributed by atoms with E-state index in [0.717, 1.165) is 0 Å². The molecule has 25 nitrogen and oxygen atoms in total. The van der Waals surface area contributed by atoms with Gasteiger partial charge in [-0.05, 0) is 86.6 Å². The second-order valence-electron chi connectivity index (χ2n) is 19.8. The first kappa shape index (κ1) is 62.9. The molecule has 79 heavy (non-hydrogen) atoms. The summed E-state index contributed by atoms with van der Waals surface area (Å²) in [7, 11) is 0. The molecule has 1 aliphatic rings. The molecule has 10 amide bonds. The van der Waals surface area contributed by atoms with E-state index in [0.29, 0.717) is 23.1 Å². The van der Waals surface area contributed by atoms with Gasteiger partial charge in [-0.25, -0.2) is 0 Å². The Hall–Kier alpha value is -8.61. The average molecular weight is 1100 g/mol. The maximum Gasteiger partial charge on any atom is 0.245 e. The number of aromatic hydroxyl groups is 1. The third kappa shape index (κ3) is 21.7. The van der Waals surface area contributed by atoms with Crippen molar-refractivity contribution in [3.05, 3.63) is 102 Å². The number of phenols is 1. The number of nitrogens with one attached hydrogen (secondary N) is 7. The normalized spacial score (nSPS) is 15.6. The molecular weight excluding hydrogens is 1020 g/mol. The van der Waals surface area contributed by atoms with Gasteiger partial charge in [0.15, 0.2) is 5.96 Å². The van der Waals surface area contributed by atoms with Crippen molar-refractivity contribution in [3.63, 3.8) is 0 Å². The predicted molar refractivity (Wildman–Crippen MR) is 292 cm³/mol. The number of primary amides is 2. The highest BCUT2D eigenvalue weighted by Crippen LogP contribution is 2.22. The average Bonchev–Trinajstić information content (AvgIpc) is 3.91. The summed E-state index contributed by atoms with van der Waals surface area (Å²) >= 11 is 0. The third-order valence-corrected chi connectivity index (χ3v) is 12.8. The van der Waals surface area contributed by atoms with Crippen molar-refractivity contribution in [3.8, 4) is 5.75 Å². The van der Waals surface area contributed by atoms with E-state index in [1.54, 1.807) is 72.8 Å². The van der Waals surface area contributed by atoms with E-state index >= 15 is 0 Å². The van der Waals surface area contributed by atoms with Crippen molar-refractivity contribution in [1.82, 2.24) is 42.1 Å². The number of carbonyl (C=O) groups is 10. The minimum atomic E-state index is -1.46. The number of nitrogens with two attached hydrogens (primary N) is 5. The molecule has 1 fully saturated rings. The summed E-state index contributed by atoms with van der Waals surface area (Å²) < 4.78 is 0. The van der Waals surface area contributed by atoms with Gasteiger partial charge >= 0.3 is 0 Å². The zero-order valence-electron chi connectivity index (χ0n) is 44.8. The molecule has 1 heterocycles. The fraction of sp³-hybridized carbons (Fsp3) is 0.463. The molecule has 0 spiro atoms. The summed E-state index contributed by atoms with van der Waals surface area (Å²) in [5, 5.41) is 27.8. The van der Waals surface area contributed by atoms with Gasteiger partial charge in [-0.3, -0.25) is 52.9 Å². The molecule has 0 bridgehead atoms. The molecule has 1 saturated heterocycles. The van der Waals surface area contributed by atoms with E-state index < -0.39 is 114 Å². The molecule has 3 aromatic rings. The number of rotatable bonds is 31. The molecule has 428 valence electrons. The zero-order valence-corrected chi connectivity index (χ0v) is 44.8. The van der Waals surface area contributed by atoms with Gasteiger partial charge < -0.3 is 75.9 Å². The summed E-state index contributed by atoms with van der Waals surface area (Å²) in [4.78, 5) is 140. The number of phenolic OH excluding ortho intramolecular Hbond substituents is 1. The van der Waals surface area contributed by atoms with Crippen LogP contribution in [0.25, 0.3) is 0 Å². The van der Waals surface area contributed by atoms with Crippen molar-refractivity contribution in [2.45, 2.75) is 133 Å². The molecule has 0 aromatic heterocycles. The minimum absolute atomic E-state index is 0.0258. The lowest BCUT2D eigenvalue weighted by Crippen LogP contribution is -2.60. The molecule has 0 aliphatic carbocycles. The first-order valence-corrected chi connectivity index (χ1v) is 26.1. The SMILES string of the molecule is CC(C)C[C@H](NC(=O)[C@H](Cc1ccccc1)NC(=O)CNC(=O)[C@@H](C)NC(=O)[C@@H](N)Cc1ccc(O)cc1)C(=O)N1CCC[C@H]1C(=O)N[C@@H](CCC(N)=O)C(=O)N[C@@H](CCCN=C(N)N)C(=O)N[C@@H](Cc1ccccc1)C(N)=O. The van der Waals surface area contributed by atoms with Crippen molar-refractivity contribution in [1.29, 1.82) is 0 Å². The lowest BCUT2D eigenvalue weighted by Gasteiger charge is -2.31. The first-order chi connectivity index (χ1) is 37.5. The summed E-state index contributed by atoms with van der Waals surface area (Å²) in [5.74, 6) is -7.85. The second-order valence-corrected chi connectivity index (χ2v) is 19.8. The Labute approximate surface area is 458 Å². The Morgan fingerprint density at radius 1 is 0.620 bits per heavy atom. The molecule has 3 aromatic carbocycles. The van der Waals surface area contributed by atoms with E-state index in [1.165, 1.54) is 24.0 Å². The topological polar surface area (TPSA) is 421 Å². The first-order valence-electron chi connectivity index (χ1n) is 26.1. The Kier molecular flexibility index (Phi) is 25.1. The molecular formula is C54H76N14O11. The van der Waals surface area contributed by atoms with Crippen molar-refractivity contribution < 1.29 is 53.1 Å². The molecule has 0 saturated carbocycles. The monoisotopic (exact) mass is 1100 g/mol. The number of hydrogen-bond acceptors (Lipinski definition) is 13. The number of benzene rings is 3. The van der Waals surface area contributed by atoms with E-state index in [1.807, 2.05) is 13.8 Å². The summed E-state index contributed by atoms with van der Waals surface area (Å²) in [5.41, 5.74) is 30.2. The number of likely N-dealkylation sites (tertiary alicyclic amines) is 1. The largest absolute Gasteiger partial charge is 0.508 e. The van der Waals surface area contributed by atoms with Crippen LogP contribution in [0.15, 0.2) is 89.9 Å². The second kappa shape index (κ2) is 31.6. The maximum absolute atomic E-state index is 14.6. The van der Waals surface area contributed by atoms with Crippen LogP contribution in [0, 0.1) is 5.92 Å². The van der Waals surface area contributed by atoms with Gasteiger partial charge in [0.1, 0.15) is 48.0 Å². The van der Waals surface area contributed by atoms with Crippen LogP contribution in [0.5, 0.6) is 5.75 Å². The molecule has 18 N–H and O–H groups in total. The zero-order chi connectivity index (χ0) is 58.2. The van der Waals surface area contributed by atoms with Crippen LogP contribution in [-0.4, -0.2) is 143 Å². The number of amides is 10. The Morgan fingerprint density at radius 2 is 1.16 bits per heavy atom. The molecule has 4 rings (SSSR count). The van der Waals surface area contributed by atoms with Crippen LogP contribution in [0.3, 0.4) is 0 Å². The molecule has 0 radical (unpaired) electrons. The standard InChI is InChI=1S/C54H76N14O11/c1-31(2)26-42(67-51(77)41(29-34-14-8-5-9-15-34)63-45(71)30-61-47(73)32(3)62-48(74)37(55)27-35-18-20-36(69)21-19-35)53(79)68-25-11-17-43(68)52(78)65-39(22-23-44(56)70)50(76)64-38(16-10-24-60-54(58)59)49(75)66-40(46(57)72)28-33-12-6-4-7-13-33/h4-9,12-15,18-21,31-32,37-43,69H,10-11,16-17,22-30,55H2,1-3H3,(H2,56,70)(H2,57,72)(H,61,73)(H,62,74)(H,63,71)(H,64,76)(H,65,78)(H,66,75)(H,67,77)(H4,58,59,60)/t32-,37+,38+,39+,40+,41+,42+,43+/m1/s1. The lowest BCUT2D eigenvalue weighted by molar-refractivity contribution is -0.143. The van der Waals surface area contributed by atoms with Crippen molar-refractivity contribution >= 4 is 65.0 Å². The number of carbonyl (C=O) groups excluding carboxylic acids is 10. The van der Waals surface area contributed by atoms with Gasteiger partial charge in [-0.2, -0.15) is 0 Å². The fourth-order valence-electron chi connectivity index (χ4n) is 8.67. The summed E-state index contributed by atoms with van der Waals surface area (Å²) in [6.45, 7) is 4.63. The van der Waals surface area contributed by atoms with Gasteiger partial charge in [-0.15, -0.1) is 0 Å². The van der Waals surface area contributed by atoms with Gasteiger partial charge in [0.05, 0.1) is 12.6 Å². The van der Waals surface area contributed by atoms with Gasteiger partial charge in [0.25, 0.3) is 0 Å². The van der Waals surface area contributed by atoms with Crippen LogP contribution in [0.1, 0.15) is 82.4 Å². The molecule has 0 unspecified atom stereocenters. The van der Waals surface area contributed by atoms with Crippen LogP contribution in [0.2, 0.25) is 0 Å². The lowest BCUT2D eigenvalue weighted by atomic mass is 10.00. The number of aliphatic imine (C=N–C) groups is 1. The third-order valence-electron chi connectivity index (χ3n) is 12.8. The smallest absolute Gasteiger partial charge is 0.245 e. The molecule has 1 aliphatic heterocycles. The number of guanidine groups is 1. The number of nitrogens with zero attached hydrogens (tertiary/aromatic N) is 2.